The number of amides is 1. The highest BCUT2D eigenvalue weighted by atomic mass is 19.1. The van der Waals surface area contributed by atoms with Crippen molar-refractivity contribution in [3.8, 4) is 0 Å². The lowest BCUT2D eigenvalue weighted by Crippen LogP contribution is -2.16. The minimum atomic E-state index is -0.409. The molecule has 0 atom stereocenters. The SMILES string of the molecule is O=C(Nc1ncn(Cc2ccc(F)cc2)n1)c1ccn(Cn2cccn2)n1. The number of anilines is 1. The molecule has 0 radical (unpaired) electrons. The predicted molar refractivity (Wildman–Crippen MR) is 93.3 cm³/mol. The molecule has 0 aliphatic rings. The third-order valence-corrected chi connectivity index (χ3v) is 3.74. The van der Waals surface area contributed by atoms with Gasteiger partial charge in [-0.3, -0.25) is 19.5 Å². The summed E-state index contributed by atoms with van der Waals surface area (Å²) >= 11 is 0. The van der Waals surface area contributed by atoms with Gasteiger partial charge in [0.2, 0.25) is 5.95 Å². The van der Waals surface area contributed by atoms with Crippen molar-refractivity contribution in [2.45, 2.75) is 13.2 Å². The lowest BCUT2D eigenvalue weighted by atomic mass is 10.2. The molecule has 0 aliphatic carbocycles. The number of carbonyl (C=O) groups excluding carboxylic acids is 1. The Bertz CT molecular complexity index is 1040. The lowest BCUT2D eigenvalue weighted by molar-refractivity contribution is 0.102. The van der Waals surface area contributed by atoms with E-state index in [4.69, 9.17) is 0 Å². The van der Waals surface area contributed by atoms with Crippen LogP contribution in [0.3, 0.4) is 0 Å². The van der Waals surface area contributed by atoms with Gasteiger partial charge >= 0.3 is 0 Å². The minimum absolute atomic E-state index is 0.170. The molecule has 0 spiro atoms. The number of nitrogens with zero attached hydrogens (tertiary/aromatic N) is 7. The molecule has 0 aliphatic heterocycles. The molecule has 9 nitrogen and oxygen atoms in total. The Morgan fingerprint density at radius 2 is 1.89 bits per heavy atom. The van der Waals surface area contributed by atoms with Gasteiger partial charge in [0.25, 0.3) is 5.91 Å². The molecular weight excluding hydrogens is 351 g/mol. The van der Waals surface area contributed by atoms with Crippen LogP contribution in [0.25, 0.3) is 0 Å². The number of rotatable bonds is 6. The van der Waals surface area contributed by atoms with E-state index in [9.17, 15) is 9.18 Å². The van der Waals surface area contributed by atoms with Crippen molar-refractivity contribution in [3.63, 3.8) is 0 Å². The molecule has 0 bridgehead atoms. The average molecular weight is 366 g/mol. The summed E-state index contributed by atoms with van der Waals surface area (Å²) in [5, 5.41) is 15.1. The highest BCUT2D eigenvalue weighted by molar-refractivity contribution is 6.01. The molecule has 10 heteroatoms. The summed E-state index contributed by atoms with van der Waals surface area (Å²) in [6.07, 6.45) is 6.66. The van der Waals surface area contributed by atoms with Gasteiger partial charge in [-0.15, -0.1) is 5.10 Å². The van der Waals surface area contributed by atoms with E-state index in [2.05, 4.69) is 25.6 Å². The molecule has 4 rings (SSSR count). The van der Waals surface area contributed by atoms with Crippen molar-refractivity contribution in [2.24, 2.45) is 0 Å². The minimum Gasteiger partial charge on any atom is -0.288 e. The smallest absolute Gasteiger partial charge is 0.278 e. The van der Waals surface area contributed by atoms with Gasteiger partial charge in [0.05, 0.1) is 6.54 Å². The van der Waals surface area contributed by atoms with Crippen molar-refractivity contribution in [1.29, 1.82) is 0 Å². The maximum atomic E-state index is 12.9. The fraction of sp³-hybridized carbons (Fsp3) is 0.118. The molecule has 0 saturated heterocycles. The molecule has 27 heavy (non-hydrogen) atoms. The normalized spacial score (nSPS) is 10.9. The first kappa shape index (κ1) is 16.6. The van der Waals surface area contributed by atoms with Crippen LogP contribution in [0.4, 0.5) is 10.3 Å². The Morgan fingerprint density at radius 1 is 1.04 bits per heavy atom. The van der Waals surface area contributed by atoms with Gasteiger partial charge < -0.3 is 0 Å². The maximum absolute atomic E-state index is 12.9. The molecule has 1 aromatic carbocycles. The Kier molecular flexibility index (Phi) is 4.44. The quantitative estimate of drug-likeness (QED) is 0.559. The molecule has 0 unspecified atom stereocenters. The van der Waals surface area contributed by atoms with Crippen molar-refractivity contribution in [3.05, 3.63) is 78.4 Å². The maximum Gasteiger partial charge on any atom is 0.278 e. The van der Waals surface area contributed by atoms with Crippen LogP contribution in [-0.4, -0.2) is 40.2 Å². The van der Waals surface area contributed by atoms with Gasteiger partial charge in [-0.1, -0.05) is 12.1 Å². The van der Waals surface area contributed by atoms with Crippen molar-refractivity contribution in [2.75, 3.05) is 5.32 Å². The van der Waals surface area contributed by atoms with Gasteiger partial charge in [-0.05, 0) is 29.8 Å². The standard InChI is InChI=1S/C17H15FN8O/c18-14-4-2-13(3-5-14)10-26-11-19-17(23-26)21-16(27)15-6-9-25(22-15)12-24-8-1-7-20-24/h1-9,11H,10,12H2,(H,21,23,27). The van der Waals surface area contributed by atoms with Crippen LogP contribution in [0, 0.1) is 5.82 Å². The Morgan fingerprint density at radius 3 is 2.67 bits per heavy atom. The summed E-state index contributed by atoms with van der Waals surface area (Å²) < 4.78 is 17.8. The van der Waals surface area contributed by atoms with E-state index < -0.39 is 5.91 Å². The second-order valence-electron chi connectivity index (χ2n) is 5.77. The molecule has 1 amide bonds. The summed E-state index contributed by atoms with van der Waals surface area (Å²) in [7, 11) is 0. The summed E-state index contributed by atoms with van der Waals surface area (Å²) in [4.78, 5) is 16.4. The van der Waals surface area contributed by atoms with Crippen LogP contribution >= 0.6 is 0 Å². The van der Waals surface area contributed by atoms with Gasteiger partial charge in [-0.25, -0.2) is 14.1 Å². The highest BCUT2D eigenvalue weighted by Crippen LogP contribution is 2.07. The van der Waals surface area contributed by atoms with E-state index in [0.717, 1.165) is 5.56 Å². The Hall–Kier alpha value is -3.82. The first-order valence-electron chi connectivity index (χ1n) is 8.12. The largest absolute Gasteiger partial charge is 0.288 e. The van der Waals surface area contributed by atoms with Gasteiger partial charge in [0, 0.05) is 18.6 Å². The summed E-state index contributed by atoms with van der Waals surface area (Å²) in [5.74, 6) is -0.533. The fourth-order valence-corrected chi connectivity index (χ4v) is 2.46. The van der Waals surface area contributed by atoms with Crippen LogP contribution in [-0.2, 0) is 13.2 Å². The zero-order valence-electron chi connectivity index (χ0n) is 14.1. The van der Waals surface area contributed by atoms with Crippen LogP contribution < -0.4 is 5.32 Å². The monoisotopic (exact) mass is 366 g/mol. The third-order valence-electron chi connectivity index (χ3n) is 3.74. The number of hydrogen-bond acceptors (Lipinski definition) is 5. The number of carbonyl (C=O) groups is 1. The van der Waals surface area contributed by atoms with Gasteiger partial charge in [0.15, 0.2) is 5.69 Å². The van der Waals surface area contributed by atoms with E-state index >= 15 is 0 Å². The number of hydrogen-bond donors (Lipinski definition) is 1. The van der Waals surface area contributed by atoms with Gasteiger partial charge in [-0.2, -0.15) is 10.2 Å². The lowest BCUT2D eigenvalue weighted by Gasteiger charge is -2.02. The van der Waals surface area contributed by atoms with E-state index in [-0.39, 0.29) is 17.5 Å². The average Bonchev–Trinajstić information content (AvgIpc) is 3.40. The zero-order valence-corrected chi connectivity index (χ0v) is 14.1. The number of aromatic nitrogens is 7. The van der Waals surface area contributed by atoms with Crippen LogP contribution in [0.5, 0.6) is 0 Å². The number of halogens is 1. The van der Waals surface area contributed by atoms with Crippen molar-refractivity contribution >= 4 is 11.9 Å². The van der Waals surface area contributed by atoms with Crippen molar-refractivity contribution < 1.29 is 9.18 Å². The molecule has 0 fully saturated rings. The molecule has 0 saturated carbocycles. The Balaban J connectivity index is 1.38. The fourth-order valence-electron chi connectivity index (χ4n) is 2.46. The second kappa shape index (κ2) is 7.20. The summed E-state index contributed by atoms with van der Waals surface area (Å²) in [6, 6.07) is 9.52. The van der Waals surface area contributed by atoms with Gasteiger partial charge in [0.1, 0.15) is 18.8 Å². The van der Waals surface area contributed by atoms with E-state index in [1.54, 1.807) is 50.8 Å². The topological polar surface area (TPSA) is 95.5 Å². The van der Waals surface area contributed by atoms with Crippen molar-refractivity contribution in [1.82, 2.24) is 34.3 Å². The molecular formula is C17H15FN8O. The first-order valence-corrected chi connectivity index (χ1v) is 8.12. The first-order chi connectivity index (χ1) is 13.2. The molecule has 3 aromatic heterocycles. The van der Waals surface area contributed by atoms with E-state index in [1.807, 2.05) is 6.07 Å². The number of benzene rings is 1. The molecule has 1 N–H and O–H groups in total. The second-order valence-corrected chi connectivity index (χ2v) is 5.77. The molecule has 3 heterocycles. The van der Waals surface area contributed by atoms with E-state index in [1.165, 1.54) is 18.5 Å². The predicted octanol–water partition coefficient (Wildman–Crippen LogP) is 1.62. The van der Waals surface area contributed by atoms with Crippen LogP contribution in [0.1, 0.15) is 16.1 Å². The highest BCUT2D eigenvalue weighted by Gasteiger charge is 2.12. The molecule has 136 valence electrons. The van der Waals surface area contributed by atoms with E-state index in [0.29, 0.717) is 13.2 Å². The van der Waals surface area contributed by atoms with Crippen LogP contribution in [0.15, 0.2) is 61.3 Å². The molecule has 4 aromatic rings. The van der Waals surface area contributed by atoms with Crippen LogP contribution in [0.2, 0.25) is 0 Å². The zero-order chi connectivity index (χ0) is 18.6. The summed E-state index contributed by atoms with van der Waals surface area (Å²) in [5.41, 5.74) is 1.12. The summed E-state index contributed by atoms with van der Waals surface area (Å²) in [6.45, 7) is 0.826. The third kappa shape index (κ3) is 4.06. The Labute approximate surface area is 153 Å². The number of nitrogens with one attached hydrogen (secondary N) is 1.